The Kier molecular flexibility index (Phi) is 3.84. The second kappa shape index (κ2) is 5.12. The summed E-state index contributed by atoms with van der Waals surface area (Å²) in [5, 5.41) is 17.8. The van der Waals surface area contributed by atoms with Crippen molar-refractivity contribution >= 4 is 5.97 Å². The van der Waals surface area contributed by atoms with Crippen molar-refractivity contribution in [3.8, 4) is 11.8 Å². The number of aromatic hydroxyl groups is 1. The minimum absolute atomic E-state index is 0.0620. The number of carbonyl (C=O) groups is 1. The standard InChI is InChI=1S/C11H10FNO3/c1-2-16-11(15)5-7-3-9(12)10(14)4-8(7)6-13/h3-4,14H,2,5H2,1H3. The normalized spacial score (nSPS) is 9.56. The van der Waals surface area contributed by atoms with Crippen LogP contribution in [0.3, 0.4) is 0 Å². The van der Waals surface area contributed by atoms with Gasteiger partial charge < -0.3 is 9.84 Å². The van der Waals surface area contributed by atoms with Gasteiger partial charge in [-0.1, -0.05) is 0 Å². The first-order valence-electron chi connectivity index (χ1n) is 4.65. The predicted octanol–water partition coefficient (Wildman–Crippen LogP) is 1.51. The lowest BCUT2D eigenvalue weighted by Gasteiger charge is -2.05. The largest absolute Gasteiger partial charge is 0.505 e. The number of hydrogen-bond donors (Lipinski definition) is 1. The van der Waals surface area contributed by atoms with Gasteiger partial charge in [-0.05, 0) is 18.6 Å². The molecule has 0 amide bonds. The molecule has 0 aliphatic heterocycles. The van der Waals surface area contributed by atoms with E-state index in [1.807, 2.05) is 0 Å². The van der Waals surface area contributed by atoms with E-state index in [4.69, 9.17) is 10.4 Å². The maximum Gasteiger partial charge on any atom is 0.310 e. The van der Waals surface area contributed by atoms with Gasteiger partial charge in [0.05, 0.1) is 24.7 Å². The van der Waals surface area contributed by atoms with Crippen LogP contribution in [0.2, 0.25) is 0 Å². The Morgan fingerprint density at radius 1 is 1.62 bits per heavy atom. The fraction of sp³-hybridized carbons (Fsp3) is 0.273. The lowest BCUT2D eigenvalue weighted by atomic mass is 10.0. The second-order valence-electron chi connectivity index (χ2n) is 3.05. The van der Waals surface area contributed by atoms with Gasteiger partial charge >= 0.3 is 5.97 Å². The first-order chi connectivity index (χ1) is 7.58. The van der Waals surface area contributed by atoms with Gasteiger partial charge in [-0.3, -0.25) is 4.79 Å². The van der Waals surface area contributed by atoms with Gasteiger partial charge in [-0.15, -0.1) is 0 Å². The van der Waals surface area contributed by atoms with E-state index in [-0.39, 0.29) is 24.2 Å². The number of carbonyl (C=O) groups excluding carboxylic acids is 1. The molecule has 0 aliphatic carbocycles. The number of ether oxygens (including phenoxy) is 1. The molecule has 4 nitrogen and oxygen atoms in total. The summed E-state index contributed by atoms with van der Waals surface area (Å²) in [5.41, 5.74) is 0.267. The Hall–Kier alpha value is -2.09. The molecule has 1 aromatic rings. The maximum atomic E-state index is 13.0. The van der Waals surface area contributed by atoms with Crippen LogP contribution in [0.5, 0.6) is 5.75 Å². The van der Waals surface area contributed by atoms with Gasteiger partial charge in [-0.2, -0.15) is 5.26 Å². The van der Waals surface area contributed by atoms with E-state index in [1.165, 1.54) is 0 Å². The van der Waals surface area contributed by atoms with Crippen LogP contribution in [0.1, 0.15) is 18.1 Å². The summed E-state index contributed by atoms with van der Waals surface area (Å²) in [4.78, 5) is 11.2. The van der Waals surface area contributed by atoms with Gasteiger partial charge in [0.2, 0.25) is 0 Å². The number of nitrogens with zero attached hydrogens (tertiary/aromatic N) is 1. The minimum Gasteiger partial charge on any atom is -0.505 e. The minimum atomic E-state index is -0.863. The molecule has 84 valence electrons. The fourth-order valence-electron chi connectivity index (χ4n) is 1.22. The monoisotopic (exact) mass is 223 g/mol. The molecule has 0 atom stereocenters. The highest BCUT2D eigenvalue weighted by atomic mass is 19.1. The van der Waals surface area contributed by atoms with Crippen molar-refractivity contribution in [1.29, 1.82) is 5.26 Å². The van der Waals surface area contributed by atoms with E-state index in [0.29, 0.717) is 0 Å². The van der Waals surface area contributed by atoms with Crippen LogP contribution in [0.15, 0.2) is 12.1 Å². The SMILES string of the molecule is CCOC(=O)Cc1cc(F)c(O)cc1C#N. The summed E-state index contributed by atoms with van der Waals surface area (Å²) < 4.78 is 17.7. The third-order valence-corrected chi connectivity index (χ3v) is 1.93. The van der Waals surface area contributed by atoms with Gasteiger partial charge in [0, 0.05) is 6.07 Å². The zero-order valence-electron chi connectivity index (χ0n) is 8.66. The smallest absolute Gasteiger partial charge is 0.310 e. The predicted molar refractivity (Wildman–Crippen MR) is 53.1 cm³/mol. The summed E-state index contributed by atoms with van der Waals surface area (Å²) in [6, 6.07) is 3.73. The van der Waals surface area contributed by atoms with Gasteiger partial charge in [0.1, 0.15) is 0 Å². The number of phenolic OH excluding ortho intramolecular Hbond substituents is 1. The van der Waals surface area contributed by atoms with E-state index in [9.17, 15) is 9.18 Å². The number of esters is 1. The van der Waals surface area contributed by atoms with E-state index < -0.39 is 17.5 Å². The van der Waals surface area contributed by atoms with E-state index in [2.05, 4.69) is 4.74 Å². The number of halogens is 1. The second-order valence-corrected chi connectivity index (χ2v) is 3.05. The molecule has 5 heteroatoms. The van der Waals surface area contributed by atoms with Crippen molar-refractivity contribution in [3.05, 3.63) is 29.1 Å². The highest BCUT2D eigenvalue weighted by Gasteiger charge is 2.12. The molecule has 0 radical (unpaired) electrons. The molecule has 1 aromatic carbocycles. The zero-order chi connectivity index (χ0) is 12.1. The molecule has 0 aliphatic rings. The molecule has 0 bridgehead atoms. The Balaban J connectivity index is 3.00. The van der Waals surface area contributed by atoms with Crippen LogP contribution in [-0.4, -0.2) is 17.7 Å². The van der Waals surface area contributed by atoms with E-state index in [0.717, 1.165) is 12.1 Å². The van der Waals surface area contributed by atoms with Crippen LogP contribution in [0.4, 0.5) is 4.39 Å². The van der Waals surface area contributed by atoms with Crippen LogP contribution >= 0.6 is 0 Å². The van der Waals surface area contributed by atoms with Crippen molar-refractivity contribution in [2.45, 2.75) is 13.3 Å². The molecule has 0 heterocycles. The summed E-state index contributed by atoms with van der Waals surface area (Å²) in [5.74, 6) is -2.01. The number of phenols is 1. The Morgan fingerprint density at radius 2 is 2.31 bits per heavy atom. The van der Waals surface area contributed by atoms with Gasteiger partial charge in [-0.25, -0.2) is 4.39 Å². The Morgan fingerprint density at radius 3 is 2.88 bits per heavy atom. The molecule has 0 saturated heterocycles. The summed E-state index contributed by atoms with van der Waals surface area (Å²) in [6.45, 7) is 1.88. The molecule has 0 fully saturated rings. The van der Waals surface area contributed by atoms with E-state index in [1.54, 1.807) is 13.0 Å². The van der Waals surface area contributed by atoms with Crippen molar-refractivity contribution in [2.24, 2.45) is 0 Å². The molecule has 1 rings (SSSR count). The van der Waals surface area contributed by atoms with Crippen LogP contribution in [-0.2, 0) is 16.0 Å². The van der Waals surface area contributed by atoms with E-state index >= 15 is 0 Å². The van der Waals surface area contributed by atoms with Gasteiger partial charge in [0.15, 0.2) is 11.6 Å². The van der Waals surface area contributed by atoms with Crippen molar-refractivity contribution in [1.82, 2.24) is 0 Å². The molecule has 16 heavy (non-hydrogen) atoms. The average Bonchev–Trinajstić information content (AvgIpc) is 2.23. The first-order valence-corrected chi connectivity index (χ1v) is 4.65. The maximum absolute atomic E-state index is 13.0. The number of nitriles is 1. The van der Waals surface area contributed by atoms with Crippen LogP contribution in [0, 0.1) is 17.1 Å². The van der Waals surface area contributed by atoms with Crippen LogP contribution in [0.25, 0.3) is 0 Å². The average molecular weight is 223 g/mol. The lowest BCUT2D eigenvalue weighted by molar-refractivity contribution is -0.142. The third kappa shape index (κ3) is 2.70. The van der Waals surface area contributed by atoms with Crippen molar-refractivity contribution in [2.75, 3.05) is 6.61 Å². The summed E-state index contributed by atoms with van der Waals surface area (Å²) in [7, 11) is 0. The topological polar surface area (TPSA) is 70.3 Å². The zero-order valence-corrected chi connectivity index (χ0v) is 8.66. The number of benzene rings is 1. The number of hydrogen-bond acceptors (Lipinski definition) is 4. The molecule has 0 unspecified atom stereocenters. The highest BCUT2D eigenvalue weighted by Crippen LogP contribution is 2.21. The lowest BCUT2D eigenvalue weighted by Crippen LogP contribution is -2.09. The molecular weight excluding hydrogens is 213 g/mol. The quantitative estimate of drug-likeness (QED) is 0.788. The highest BCUT2D eigenvalue weighted by molar-refractivity contribution is 5.73. The van der Waals surface area contributed by atoms with Crippen molar-refractivity contribution < 1.29 is 19.0 Å². The molecule has 0 aromatic heterocycles. The molecule has 0 spiro atoms. The molecule has 1 N–H and O–H groups in total. The molecule has 0 saturated carbocycles. The summed E-state index contributed by atoms with van der Waals surface area (Å²) >= 11 is 0. The fourth-order valence-corrected chi connectivity index (χ4v) is 1.22. The summed E-state index contributed by atoms with van der Waals surface area (Å²) in [6.07, 6.45) is -0.187. The van der Waals surface area contributed by atoms with Gasteiger partial charge in [0.25, 0.3) is 0 Å². The molecular formula is C11H10FNO3. The van der Waals surface area contributed by atoms with Crippen LogP contribution < -0.4 is 0 Å². The Labute approximate surface area is 91.9 Å². The number of rotatable bonds is 3. The third-order valence-electron chi connectivity index (χ3n) is 1.93. The van der Waals surface area contributed by atoms with Crippen molar-refractivity contribution in [3.63, 3.8) is 0 Å². The first kappa shape index (κ1) is 12.0. The Bertz CT molecular complexity index is 451.